The molecule has 1 aliphatic rings. The second-order valence-corrected chi connectivity index (χ2v) is 17.9. The summed E-state index contributed by atoms with van der Waals surface area (Å²) >= 11 is 4.90. The van der Waals surface area contributed by atoms with E-state index in [-0.39, 0.29) is 23.3 Å². The summed E-state index contributed by atoms with van der Waals surface area (Å²) in [6, 6.07) is 22.7. The Morgan fingerprint density at radius 3 is 1.83 bits per heavy atom. The van der Waals surface area contributed by atoms with Gasteiger partial charge in [-0.25, -0.2) is 29.5 Å². The molecule has 0 aliphatic carbocycles. The molecule has 2 atom stereocenters. The quantitative estimate of drug-likeness (QED) is 0.118. The van der Waals surface area contributed by atoms with E-state index in [0.717, 1.165) is 91.4 Å². The Balaban J connectivity index is 0.000000153. The summed E-state index contributed by atoms with van der Waals surface area (Å²) in [7, 11) is 0. The van der Waals surface area contributed by atoms with E-state index in [9.17, 15) is 9.59 Å². The van der Waals surface area contributed by atoms with E-state index in [0.29, 0.717) is 28.1 Å². The van der Waals surface area contributed by atoms with Gasteiger partial charge in [-0.3, -0.25) is 10.00 Å². The number of thiophene rings is 3. The van der Waals surface area contributed by atoms with Crippen LogP contribution in [0.1, 0.15) is 42.3 Å². The fraction of sp³-hybridized carbons (Fsp3) is 0.196. The lowest BCUT2D eigenvalue weighted by atomic mass is 9.98. The molecule has 0 amide bonds. The highest BCUT2D eigenvalue weighted by atomic mass is 32.1. The normalized spacial score (nSPS) is 14.2. The molecule has 1 aliphatic heterocycles. The summed E-state index contributed by atoms with van der Waals surface area (Å²) in [5.74, 6) is 2.59. The van der Waals surface area contributed by atoms with Gasteiger partial charge >= 0.3 is 11.3 Å². The smallest absolute Gasteiger partial charge is 0.343 e. The zero-order chi connectivity index (χ0) is 42.9. The third-order valence-electron chi connectivity index (χ3n) is 10.9. The summed E-state index contributed by atoms with van der Waals surface area (Å²) in [5, 5.41) is 20.6. The first-order chi connectivity index (χ1) is 30.9. The average molecular weight is 894 g/mol. The van der Waals surface area contributed by atoms with Crippen molar-refractivity contribution in [1.82, 2.24) is 35.0 Å². The van der Waals surface area contributed by atoms with Crippen LogP contribution in [0.5, 0.6) is 0 Å². The maximum Gasteiger partial charge on any atom is 0.343 e. The summed E-state index contributed by atoms with van der Waals surface area (Å²) < 4.78 is 19.2. The summed E-state index contributed by atoms with van der Waals surface area (Å²) in [6.07, 6.45) is 6.59. The molecule has 2 unspecified atom stereocenters. The van der Waals surface area contributed by atoms with Gasteiger partial charge < -0.3 is 24.2 Å². The average Bonchev–Trinajstić information content (AvgIpc) is 4.16. The monoisotopic (exact) mass is 893 g/mol. The maximum absolute atomic E-state index is 12.9. The SMILES string of the molecule is CC(Nc1ncnc2ccsc12)c1oc(=O)c2ccccc2c1-c1ccc(CN2CCOCC2)s1.CC(Nc1ncnc2ccsc12)c1oc(=O)c2ccccc2c1-c1cn[nH]c1. The van der Waals surface area contributed by atoms with Crippen molar-refractivity contribution in [3.8, 4) is 21.6 Å². The van der Waals surface area contributed by atoms with E-state index in [1.807, 2.05) is 79.2 Å². The van der Waals surface area contributed by atoms with Gasteiger partial charge in [-0.05, 0) is 61.0 Å². The molecule has 1 saturated heterocycles. The van der Waals surface area contributed by atoms with E-state index >= 15 is 0 Å². The van der Waals surface area contributed by atoms with Gasteiger partial charge in [-0.1, -0.05) is 36.4 Å². The highest BCUT2D eigenvalue weighted by Gasteiger charge is 2.25. The van der Waals surface area contributed by atoms with Crippen LogP contribution in [0.4, 0.5) is 11.6 Å². The Morgan fingerprint density at radius 2 is 1.25 bits per heavy atom. The lowest BCUT2D eigenvalue weighted by molar-refractivity contribution is 0.0346. The molecular formula is C46H39N9O5S3. The molecule has 3 N–H and O–H groups in total. The molecule has 0 spiro atoms. The topological polar surface area (TPSA) is 177 Å². The van der Waals surface area contributed by atoms with E-state index < -0.39 is 0 Å². The molecule has 11 rings (SSSR count). The van der Waals surface area contributed by atoms with Gasteiger partial charge in [0.2, 0.25) is 0 Å². The summed E-state index contributed by atoms with van der Waals surface area (Å²) in [5.41, 5.74) is 3.72. The number of rotatable bonds is 10. The van der Waals surface area contributed by atoms with Gasteiger partial charge in [0, 0.05) is 63.0 Å². The number of nitrogens with zero attached hydrogens (tertiary/aromatic N) is 6. The molecule has 1 fully saturated rings. The van der Waals surface area contributed by atoms with Crippen molar-refractivity contribution in [2.45, 2.75) is 32.5 Å². The van der Waals surface area contributed by atoms with E-state index in [1.54, 1.807) is 58.8 Å². The fourth-order valence-corrected chi connectivity index (χ4v) is 10.6. The minimum absolute atomic E-state index is 0.285. The first-order valence-electron chi connectivity index (χ1n) is 20.3. The van der Waals surface area contributed by atoms with Crippen LogP contribution in [0.3, 0.4) is 0 Å². The van der Waals surface area contributed by atoms with Crippen molar-refractivity contribution in [2.24, 2.45) is 0 Å². The van der Waals surface area contributed by atoms with Gasteiger partial charge in [0.25, 0.3) is 0 Å². The third-order valence-corrected chi connectivity index (χ3v) is 13.8. The first kappa shape index (κ1) is 40.4. The van der Waals surface area contributed by atoms with Gasteiger partial charge in [-0.15, -0.1) is 34.0 Å². The van der Waals surface area contributed by atoms with Crippen molar-refractivity contribution >= 4 is 87.6 Å². The Morgan fingerprint density at radius 1 is 0.698 bits per heavy atom. The van der Waals surface area contributed by atoms with E-state index in [2.05, 4.69) is 57.8 Å². The highest BCUT2D eigenvalue weighted by molar-refractivity contribution is 7.18. The lowest BCUT2D eigenvalue weighted by Gasteiger charge is -2.25. The Labute approximate surface area is 371 Å². The number of anilines is 2. The minimum atomic E-state index is -0.365. The Kier molecular flexibility index (Phi) is 11.3. The van der Waals surface area contributed by atoms with Crippen LogP contribution in [0, 0.1) is 0 Å². The van der Waals surface area contributed by atoms with Gasteiger partial charge in [-0.2, -0.15) is 5.10 Å². The number of morpholine rings is 1. The van der Waals surface area contributed by atoms with Crippen molar-refractivity contribution in [2.75, 3.05) is 36.9 Å². The van der Waals surface area contributed by atoms with Gasteiger partial charge in [0.05, 0.1) is 62.7 Å². The Bertz CT molecular complexity index is 3330. The number of aromatic amines is 1. The molecule has 0 radical (unpaired) electrons. The summed E-state index contributed by atoms with van der Waals surface area (Å²) in [4.78, 5) is 47.8. The molecule has 63 heavy (non-hydrogen) atoms. The summed E-state index contributed by atoms with van der Waals surface area (Å²) in [6.45, 7) is 8.28. The molecule has 10 aromatic rings. The lowest BCUT2D eigenvalue weighted by Crippen LogP contribution is -2.35. The van der Waals surface area contributed by atoms with Crippen LogP contribution in [0.2, 0.25) is 0 Å². The molecule has 0 saturated carbocycles. The molecule has 17 heteroatoms. The fourth-order valence-electron chi connectivity index (χ4n) is 7.89. The Hall–Kier alpha value is -6.63. The zero-order valence-electron chi connectivity index (χ0n) is 34.0. The zero-order valence-corrected chi connectivity index (χ0v) is 36.5. The standard InChI is InChI=1S/C26H24N4O3S2.C20H15N5O2S/c1-16(29-25-24-20(8-13-34-24)27-15-28-25)23-22(18-4-2-3-5-19(18)26(31)33-23)21-7-6-17(35-21)14-30-9-11-32-12-10-30;1-11(25-19-18-15(6-7-28-18)21-10-22-19)17-16(12-8-23-24-9-12)13-4-2-3-5-14(13)20(26)27-17/h2-8,13,15-16H,9-12,14H2,1H3,(H,27,28,29);2-11H,1H3,(H,23,24)(H,21,22,25). The number of ether oxygens (including phenoxy) is 1. The first-order valence-corrected chi connectivity index (χ1v) is 22.9. The minimum Gasteiger partial charge on any atom is -0.425 e. The predicted octanol–water partition coefficient (Wildman–Crippen LogP) is 9.89. The molecule has 14 nitrogen and oxygen atoms in total. The van der Waals surface area contributed by atoms with Crippen LogP contribution in [-0.4, -0.2) is 61.3 Å². The molecule has 9 heterocycles. The van der Waals surface area contributed by atoms with Gasteiger partial charge in [0.1, 0.15) is 35.8 Å². The number of nitrogens with one attached hydrogen (secondary N) is 3. The van der Waals surface area contributed by atoms with E-state index in [4.69, 9.17) is 13.6 Å². The number of benzene rings is 2. The largest absolute Gasteiger partial charge is 0.425 e. The van der Waals surface area contributed by atoms with Crippen molar-refractivity contribution < 1.29 is 13.6 Å². The molecule has 8 aromatic heterocycles. The van der Waals surface area contributed by atoms with Crippen LogP contribution in [-0.2, 0) is 11.3 Å². The molecule has 316 valence electrons. The number of fused-ring (bicyclic) bond motifs is 4. The third kappa shape index (κ3) is 8.12. The number of aromatic nitrogens is 6. The van der Waals surface area contributed by atoms with Crippen molar-refractivity contribution in [1.29, 1.82) is 0 Å². The molecular weight excluding hydrogens is 855 g/mol. The number of H-pyrrole nitrogens is 1. The van der Waals surface area contributed by atoms with Crippen molar-refractivity contribution in [3.05, 3.63) is 146 Å². The second-order valence-electron chi connectivity index (χ2n) is 14.9. The highest BCUT2D eigenvalue weighted by Crippen LogP contribution is 2.40. The second kappa shape index (κ2) is 17.6. The van der Waals surface area contributed by atoms with Crippen molar-refractivity contribution in [3.63, 3.8) is 0 Å². The number of hydrogen-bond donors (Lipinski definition) is 3. The number of hydrogen-bond acceptors (Lipinski definition) is 16. The molecule has 2 aromatic carbocycles. The van der Waals surface area contributed by atoms with Crippen LogP contribution in [0.25, 0.3) is 63.5 Å². The van der Waals surface area contributed by atoms with Crippen LogP contribution < -0.4 is 21.9 Å². The molecule has 0 bridgehead atoms. The van der Waals surface area contributed by atoms with Gasteiger partial charge in [0.15, 0.2) is 0 Å². The van der Waals surface area contributed by atoms with Crippen LogP contribution >= 0.6 is 34.0 Å². The maximum atomic E-state index is 12.9. The predicted molar refractivity (Wildman–Crippen MR) is 251 cm³/mol. The van der Waals surface area contributed by atoms with Crippen LogP contribution in [0.15, 0.2) is 127 Å². The van der Waals surface area contributed by atoms with E-state index in [1.165, 1.54) is 11.2 Å².